The molecule has 2 aromatic carbocycles. The number of hydrogen-bond donors (Lipinski definition) is 2. The number of aryl methyl sites for hydroxylation is 1. The highest BCUT2D eigenvalue weighted by Gasteiger charge is 2.29. The highest BCUT2D eigenvalue weighted by atomic mass is 35.5. The molecule has 0 radical (unpaired) electrons. The number of benzene rings is 2. The van der Waals surface area contributed by atoms with E-state index in [0.29, 0.717) is 33.8 Å². The van der Waals surface area contributed by atoms with Crippen LogP contribution in [0, 0.1) is 0 Å². The first kappa shape index (κ1) is 21.6. The van der Waals surface area contributed by atoms with Gasteiger partial charge in [0, 0.05) is 33.6 Å². The largest absolute Gasteiger partial charge is 0.399 e. The molecule has 1 aliphatic heterocycles. The number of nitrogens with two attached hydrogens (primary N) is 1. The van der Waals surface area contributed by atoms with Gasteiger partial charge in [0.1, 0.15) is 23.0 Å². The van der Waals surface area contributed by atoms with Crippen molar-refractivity contribution < 1.29 is 0 Å². The van der Waals surface area contributed by atoms with Crippen LogP contribution < -0.4 is 11.3 Å². The predicted molar refractivity (Wildman–Crippen MR) is 134 cm³/mol. The van der Waals surface area contributed by atoms with E-state index in [1.54, 1.807) is 33.5 Å². The van der Waals surface area contributed by atoms with Crippen molar-refractivity contribution >= 4 is 28.9 Å². The number of anilines is 1. The van der Waals surface area contributed by atoms with Gasteiger partial charge >= 0.3 is 0 Å². The van der Waals surface area contributed by atoms with Gasteiger partial charge in [0.2, 0.25) is 0 Å². The van der Waals surface area contributed by atoms with Crippen LogP contribution in [0.25, 0.3) is 28.1 Å². The maximum Gasteiger partial charge on any atom is 0.252 e. The maximum atomic E-state index is 13.4. The molecule has 0 amide bonds. The Bertz CT molecular complexity index is 1610. The molecule has 1 aliphatic rings. The van der Waals surface area contributed by atoms with Crippen LogP contribution >= 0.6 is 23.2 Å². The van der Waals surface area contributed by atoms with E-state index in [2.05, 4.69) is 20.5 Å². The van der Waals surface area contributed by atoms with Crippen molar-refractivity contribution in [2.24, 2.45) is 0 Å². The number of tetrazole rings is 1. The molecule has 4 heterocycles. The lowest BCUT2D eigenvalue weighted by molar-refractivity contribution is 0.572. The van der Waals surface area contributed by atoms with Crippen LogP contribution in [0.4, 0.5) is 5.69 Å². The van der Waals surface area contributed by atoms with Gasteiger partial charge in [0.25, 0.3) is 5.56 Å². The molecule has 0 saturated carbocycles. The second kappa shape index (κ2) is 8.37. The van der Waals surface area contributed by atoms with Crippen molar-refractivity contribution in [1.29, 1.82) is 0 Å². The average molecular weight is 505 g/mol. The number of pyridine rings is 1. The molecule has 0 fully saturated rings. The van der Waals surface area contributed by atoms with E-state index in [1.165, 1.54) is 6.33 Å². The SMILES string of the molecule is Nc1ccc(-c2nc([C@@H]3CCc4cc(-c5cc(Cl)ccc5-n5cnnn5)cc(=O)n43)[nH]c2Cl)cc1. The molecule has 3 N–H and O–H groups in total. The molecule has 0 unspecified atom stereocenters. The number of aromatic amines is 1. The Labute approximate surface area is 209 Å². The third-order valence-electron chi connectivity index (χ3n) is 6.18. The summed E-state index contributed by atoms with van der Waals surface area (Å²) in [5, 5.41) is 12.4. The van der Waals surface area contributed by atoms with Gasteiger partial charge in [0.05, 0.1) is 11.7 Å². The minimum absolute atomic E-state index is 0.135. The number of H-pyrrole nitrogens is 1. The van der Waals surface area contributed by atoms with Gasteiger partial charge in [-0.1, -0.05) is 35.3 Å². The Morgan fingerprint density at radius 1 is 1.03 bits per heavy atom. The summed E-state index contributed by atoms with van der Waals surface area (Å²) in [7, 11) is 0. The lowest BCUT2D eigenvalue weighted by Crippen LogP contribution is -2.24. The summed E-state index contributed by atoms with van der Waals surface area (Å²) in [6.07, 6.45) is 2.94. The summed E-state index contributed by atoms with van der Waals surface area (Å²) >= 11 is 12.8. The first-order valence-electron chi connectivity index (χ1n) is 10.9. The fourth-order valence-corrected chi connectivity index (χ4v) is 5.00. The molecule has 3 aromatic heterocycles. The third kappa shape index (κ3) is 3.78. The molecule has 9 nitrogen and oxygen atoms in total. The summed E-state index contributed by atoms with van der Waals surface area (Å²) in [4.78, 5) is 21.3. The highest BCUT2D eigenvalue weighted by Crippen LogP contribution is 2.36. The van der Waals surface area contributed by atoms with E-state index in [-0.39, 0.29) is 11.6 Å². The normalized spacial score (nSPS) is 14.9. The number of nitrogens with one attached hydrogen (secondary N) is 1. The minimum Gasteiger partial charge on any atom is -0.399 e. The molecule has 0 aliphatic carbocycles. The molecule has 35 heavy (non-hydrogen) atoms. The van der Waals surface area contributed by atoms with Crippen LogP contribution in [0.15, 0.2) is 65.7 Å². The smallest absolute Gasteiger partial charge is 0.252 e. The van der Waals surface area contributed by atoms with E-state index in [9.17, 15) is 4.79 Å². The van der Waals surface area contributed by atoms with E-state index in [1.807, 2.05) is 30.3 Å². The predicted octanol–water partition coefficient (Wildman–Crippen LogP) is 4.31. The number of hydrogen-bond acceptors (Lipinski definition) is 6. The molecular weight excluding hydrogens is 487 g/mol. The molecule has 6 rings (SSSR count). The van der Waals surface area contributed by atoms with Crippen molar-refractivity contribution in [2.45, 2.75) is 18.9 Å². The Kier molecular flexibility index (Phi) is 5.16. The number of halogens is 2. The number of fused-ring (bicyclic) bond motifs is 1. The molecule has 0 saturated heterocycles. The summed E-state index contributed by atoms with van der Waals surface area (Å²) in [6, 6.07) is 16.1. The van der Waals surface area contributed by atoms with Crippen LogP contribution in [0.3, 0.4) is 0 Å². The lowest BCUT2D eigenvalue weighted by Gasteiger charge is -2.15. The number of nitrogen functional groups attached to an aromatic ring is 1. The number of nitrogens with zero attached hydrogens (tertiary/aromatic N) is 6. The van der Waals surface area contributed by atoms with Crippen LogP contribution in [0.2, 0.25) is 10.2 Å². The minimum atomic E-state index is -0.245. The van der Waals surface area contributed by atoms with Crippen molar-refractivity contribution in [3.63, 3.8) is 0 Å². The molecule has 11 heteroatoms. The first-order valence-corrected chi connectivity index (χ1v) is 11.6. The second-order valence-electron chi connectivity index (χ2n) is 8.32. The summed E-state index contributed by atoms with van der Waals surface area (Å²) in [5.41, 5.74) is 10.9. The standard InChI is InChI=1S/C24H18Cl2N8O/c25-15-3-7-19(33-12-28-31-32-33)18(11-15)14-9-17-6-8-20(34(17)21(35)10-14)24-29-22(23(26)30-24)13-1-4-16(27)5-2-13/h1-5,7,9-12,20H,6,8,27H2,(H,29,30)/t20-/m0/s1. The highest BCUT2D eigenvalue weighted by molar-refractivity contribution is 6.32. The Hall–Kier alpha value is -3.95. The van der Waals surface area contributed by atoms with Gasteiger partial charge in [-0.25, -0.2) is 4.98 Å². The zero-order valence-electron chi connectivity index (χ0n) is 18.2. The van der Waals surface area contributed by atoms with Gasteiger partial charge in [-0.2, -0.15) is 4.68 Å². The monoisotopic (exact) mass is 504 g/mol. The number of aromatic nitrogens is 7. The molecule has 0 bridgehead atoms. The van der Waals surface area contributed by atoms with Crippen LogP contribution in [-0.2, 0) is 6.42 Å². The van der Waals surface area contributed by atoms with E-state index in [4.69, 9.17) is 33.9 Å². The fraction of sp³-hybridized carbons (Fsp3) is 0.125. The van der Waals surface area contributed by atoms with Gasteiger partial charge in [-0.15, -0.1) is 5.10 Å². The Morgan fingerprint density at radius 2 is 1.86 bits per heavy atom. The third-order valence-corrected chi connectivity index (χ3v) is 6.69. The van der Waals surface area contributed by atoms with Gasteiger partial charge < -0.3 is 15.3 Å². The van der Waals surface area contributed by atoms with Gasteiger partial charge in [0.15, 0.2) is 0 Å². The van der Waals surface area contributed by atoms with Crippen LogP contribution in [0.5, 0.6) is 0 Å². The van der Waals surface area contributed by atoms with E-state index >= 15 is 0 Å². The van der Waals surface area contributed by atoms with E-state index in [0.717, 1.165) is 34.5 Å². The Balaban J connectivity index is 1.41. The maximum absolute atomic E-state index is 13.4. The summed E-state index contributed by atoms with van der Waals surface area (Å²) in [6.45, 7) is 0. The number of imidazole rings is 1. The summed E-state index contributed by atoms with van der Waals surface area (Å²) < 4.78 is 3.32. The molecular formula is C24H18Cl2N8O. The number of rotatable bonds is 4. The Morgan fingerprint density at radius 3 is 2.63 bits per heavy atom. The average Bonchev–Trinajstić information content (AvgIpc) is 3.59. The first-order chi connectivity index (χ1) is 17.0. The van der Waals surface area contributed by atoms with Gasteiger partial charge in [-0.3, -0.25) is 4.79 Å². The topological polar surface area (TPSA) is 120 Å². The molecule has 1 atom stereocenters. The zero-order valence-corrected chi connectivity index (χ0v) is 19.7. The molecule has 0 spiro atoms. The van der Waals surface area contributed by atoms with E-state index < -0.39 is 0 Å². The van der Waals surface area contributed by atoms with Crippen molar-refractivity contribution in [3.8, 4) is 28.1 Å². The molecule has 5 aromatic rings. The summed E-state index contributed by atoms with van der Waals surface area (Å²) in [5.74, 6) is 0.646. The van der Waals surface area contributed by atoms with Crippen LogP contribution in [0.1, 0.15) is 24.0 Å². The van der Waals surface area contributed by atoms with Gasteiger partial charge in [-0.05, 0) is 65.2 Å². The molecule has 174 valence electrons. The van der Waals surface area contributed by atoms with Crippen LogP contribution in [-0.4, -0.2) is 34.7 Å². The lowest BCUT2D eigenvalue weighted by atomic mass is 10.0. The van der Waals surface area contributed by atoms with Crippen molar-refractivity contribution in [1.82, 2.24) is 34.7 Å². The zero-order chi connectivity index (χ0) is 24.1. The fourth-order valence-electron chi connectivity index (χ4n) is 4.58. The van der Waals surface area contributed by atoms with Crippen molar-refractivity contribution in [3.05, 3.63) is 93.0 Å². The van der Waals surface area contributed by atoms with Crippen molar-refractivity contribution in [2.75, 3.05) is 5.73 Å². The second-order valence-corrected chi connectivity index (χ2v) is 9.13. The quantitative estimate of drug-likeness (QED) is 0.352.